The third-order valence-electron chi connectivity index (χ3n) is 3.38. The second-order valence-corrected chi connectivity index (χ2v) is 7.24. The number of esters is 1. The van der Waals surface area contributed by atoms with Gasteiger partial charge in [-0.2, -0.15) is 0 Å². The summed E-state index contributed by atoms with van der Waals surface area (Å²) in [6.07, 6.45) is 1.75. The van der Waals surface area contributed by atoms with E-state index < -0.39 is 5.97 Å². The van der Waals surface area contributed by atoms with Crippen LogP contribution in [0.25, 0.3) is 6.08 Å². The number of thiocarbonyl (C=S) groups is 1. The maximum absolute atomic E-state index is 12.5. The number of methoxy groups -OCH3 is 1. The van der Waals surface area contributed by atoms with E-state index in [1.807, 2.05) is 43.3 Å². The summed E-state index contributed by atoms with van der Waals surface area (Å²) in [6, 6.07) is 7.32. The van der Waals surface area contributed by atoms with Gasteiger partial charge >= 0.3 is 5.97 Å². The quantitative estimate of drug-likeness (QED) is 0.384. The molecular weight excluding hydrogens is 396 g/mol. The molecule has 26 heavy (non-hydrogen) atoms. The Bertz CT molecular complexity index is 693. The highest BCUT2D eigenvalue weighted by Gasteiger charge is 2.33. The molecule has 6 nitrogen and oxygen atoms in total. The van der Waals surface area contributed by atoms with Crippen LogP contribution < -0.4 is 4.74 Å². The van der Waals surface area contributed by atoms with Crippen molar-refractivity contribution in [2.24, 2.45) is 0 Å². The van der Waals surface area contributed by atoms with E-state index in [1.54, 1.807) is 13.2 Å². The zero-order valence-corrected chi connectivity index (χ0v) is 17.2. The molecule has 0 unspecified atom stereocenters. The third-order valence-corrected chi connectivity index (χ3v) is 4.75. The van der Waals surface area contributed by atoms with Crippen molar-refractivity contribution in [3.63, 3.8) is 0 Å². The Morgan fingerprint density at radius 1 is 1.31 bits per heavy atom. The minimum absolute atomic E-state index is 0. The number of hydrogen-bond acceptors (Lipinski definition) is 7. The number of hydrogen-bond donors (Lipinski definition) is 0. The van der Waals surface area contributed by atoms with Crippen LogP contribution >= 0.6 is 36.4 Å². The van der Waals surface area contributed by atoms with Gasteiger partial charge in [-0.05, 0) is 37.9 Å². The van der Waals surface area contributed by atoms with Crippen LogP contribution in [0.4, 0.5) is 0 Å². The standard InChI is InChI=1S/C17H20N2O4S2.ClH/c1-18(2)8-9-23-15(20)11-19-16(21)14(25-17(19)24)10-12-4-6-13(22-3)7-5-12;/h4-7,10H,8-9,11H2,1-3H3;1H/b14-10-;. The minimum Gasteiger partial charge on any atom is -0.497 e. The van der Waals surface area contributed by atoms with E-state index in [1.165, 1.54) is 16.7 Å². The van der Waals surface area contributed by atoms with Crippen molar-refractivity contribution in [2.45, 2.75) is 0 Å². The first-order valence-corrected chi connectivity index (χ1v) is 8.83. The molecule has 0 N–H and O–H groups in total. The molecule has 9 heteroatoms. The molecular formula is C17H21ClN2O4S2. The largest absolute Gasteiger partial charge is 0.497 e. The van der Waals surface area contributed by atoms with Crippen LogP contribution in [0.1, 0.15) is 5.56 Å². The van der Waals surface area contributed by atoms with Crippen LogP contribution in [0.2, 0.25) is 0 Å². The summed E-state index contributed by atoms with van der Waals surface area (Å²) < 4.78 is 10.6. The molecule has 0 aromatic heterocycles. The summed E-state index contributed by atoms with van der Waals surface area (Å²) >= 11 is 6.39. The lowest BCUT2D eigenvalue weighted by Gasteiger charge is -2.14. The first-order chi connectivity index (χ1) is 11.9. The number of likely N-dealkylation sites (N-methyl/N-ethyl adjacent to an activating group) is 1. The molecule has 1 fully saturated rings. The fourth-order valence-corrected chi connectivity index (χ4v) is 3.26. The first kappa shape index (κ1) is 22.4. The lowest BCUT2D eigenvalue weighted by Crippen LogP contribution is -2.35. The van der Waals surface area contributed by atoms with E-state index in [9.17, 15) is 9.59 Å². The topological polar surface area (TPSA) is 59.1 Å². The van der Waals surface area contributed by atoms with Crippen molar-refractivity contribution in [3.8, 4) is 5.75 Å². The highest BCUT2D eigenvalue weighted by atomic mass is 35.5. The van der Waals surface area contributed by atoms with E-state index in [2.05, 4.69) is 0 Å². The number of halogens is 1. The Morgan fingerprint density at radius 2 is 1.96 bits per heavy atom. The number of ether oxygens (including phenoxy) is 2. The van der Waals surface area contributed by atoms with Crippen molar-refractivity contribution < 1.29 is 19.1 Å². The van der Waals surface area contributed by atoms with Crippen LogP contribution in [0, 0.1) is 0 Å². The molecule has 1 aliphatic heterocycles. The van der Waals surface area contributed by atoms with Crippen molar-refractivity contribution >= 4 is 58.7 Å². The summed E-state index contributed by atoms with van der Waals surface area (Å²) in [5.74, 6) is -0.00982. The molecule has 1 saturated heterocycles. The van der Waals surface area contributed by atoms with Crippen molar-refractivity contribution in [2.75, 3.05) is 40.9 Å². The first-order valence-electron chi connectivity index (χ1n) is 7.60. The molecule has 1 amide bonds. The zero-order chi connectivity index (χ0) is 18.4. The lowest BCUT2D eigenvalue weighted by atomic mass is 10.2. The number of benzene rings is 1. The number of carbonyl (C=O) groups is 2. The average molecular weight is 417 g/mol. The van der Waals surface area contributed by atoms with Gasteiger partial charge in [0.2, 0.25) is 0 Å². The van der Waals surface area contributed by atoms with Crippen LogP contribution in [-0.2, 0) is 14.3 Å². The zero-order valence-electron chi connectivity index (χ0n) is 14.8. The molecule has 1 aliphatic rings. The van der Waals surface area contributed by atoms with Gasteiger partial charge in [-0.3, -0.25) is 14.5 Å². The van der Waals surface area contributed by atoms with E-state index >= 15 is 0 Å². The summed E-state index contributed by atoms with van der Waals surface area (Å²) in [7, 11) is 5.37. The van der Waals surface area contributed by atoms with Crippen molar-refractivity contribution in [3.05, 3.63) is 34.7 Å². The monoisotopic (exact) mass is 416 g/mol. The number of carbonyl (C=O) groups excluding carboxylic acids is 2. The van der Waals surface area contributed by atoms with E-state index in [-0.39, 0.29) is 31.5 Å². The van der Waals surface area contributed by atoms with Gasteiger partial charge in [0.1, 0.15) is 23.2 Å². The lowest BCUT2D eigenvalue weighted by molar-refractivity contribution is -0.146. The molecule has 0 aliphatic carbocycles. The molecule has 0 spiro atoms. The smallest absolute Gasteiger partial charge is 0.326 e. The Balaban J connectivity index is 0.00000338. The second-order valence-electron chi connectivity index (χ2n) is 5.56. The van der Waals surface area contributed by atoms with E-state index in [0.29, 0.717) is 15.8 Å². The van der Waals surface area contributed by atoms with Crippen LogP contribution in [0.15, 0.2) is 29.2 Å². The Labute approximate surface area is 168 Å². The molecule has 0 radical (unpaired) electrons. The van der Waals surface area contributed by atoms with E-state index in [0.717, 1.165) is 11.3 Å². The summed E-state index contributed by atoms with van der Waals surface area (Å²) in [5, 5.41) is 0. The number of thioether (sulfide) groups is 1. The Kier molecular flexibility index (Phi) is 9.07. The van der Waals surface area contributed by atoms with Gasteiger partial charge in [-0.15, -0.1) is 12.4 Å². The maximum Gasteiger partial charge on any atom is 0.326 e. The summed E-state index contributed by atoms with van der Waals surface area (Å²) in [6.45, 7) is 0.738. The fraction of sp³-hybridized carbons (Fsp3) is 0.353. The minimum atomic E-state index is -0.469. The molecule has 1 aromatic carbocycles. The molecule has 0 atom stereocenters. The van der Waals surface area contributed by atoms with Gasteiger partial charge in [0, 0.05) is 6.54 Å². The molecule has 2 rings (SSSR count). The SMILES string of the molecule is COc1ccc(/C=C2\SC(=S)N(CC(=O)OCCN(C)C)C2=O)cc1.Cl. The van der Waals surface area contributed by atoms with Gasteiger partial charge < -0.3 is 14.4 Å². The van der Waals surface area contributed by atoms with Gasteiger partial charge in [-0.25, -0.2) is 0 Å². The van der Waals surface area contributed by atoms with Crippen LogP contribution in [-0.4, -0.2) is 66.9 Å². The van der Waals surface area contributed by atoms with E-state index in [4.69, 9.17) is 21.7 Å². The van der Waals surface area contributed by atoms with Crippen LogP contribution in [0.5, 0.6) is 5.75 Å². The van der Waals surface area contributed by atoms with Crippen molar-refractivity contribution in [1.29, 1.82) is 0 Å². The predicted molar refractivity (Wildman–Crippen MR) is 110 cm³/mol. The highest BCUT2D eigenvalue weighted by Crippen LogP contribution is 2.32. The summed E-state index contributed by atoms with van der Waals surface area (Å²) in [5.41, 5.74) is 0.856. The Morgan fingerprint density at radius 3 is 2.54 bits per heavy atom. The number of amides is 1. The number of nitrogens with zero attached hydrogens (tertiary/aromatic N) is 2. The molecule has 1 heterocycles. The summed E-state index contributed by atoms with van der Waals surface area (Å²) in [4.78, 5) is 28.0. The highest BCUT2D eigenvalue weighted by molar-refractivity contribution is 8.26. The molecule has 0 saturated carbocycles. The molecule has 0 bridgehead atoms. The normalized spacial score (nSPS) is 15.4. The number of rotatable bonds is 7. The average Bonchev–Trinajstić information content (AvgIpc) is 2.83. The Hall–Kier alpha value is -1.61. The molecule has 142 valence electrons. The van der Waals surface area contributed by atoms with Gasteiger partial charge in [0.25, 0.3) is 5.91 Å². The van der Waals surface area contributed by atoms with Gasteiger partial charge in [0.15, 0.2) is 0 Å². The van der Waals surface area contributed by atoms with Gasteiger partial charge in [-0.1, -0.05) is 36.1 Å². The maximum atomic E-state index is 12.5. The van der Waals surface area contributed by atoms with Crippen molar-refractivity contribution in [1.82, 2.24) is 9.80 Å². The predicted octanol–water partition coefficient (Wildman–Crippen LogP) is 2.42. The second kappa shape index (κ2) is 10.5. The molecule has 1 aromatic rings. The third kappa shape index (κ3) is 6.28. The van der Waals surface area contributed by atoms with Gasteiger partial charge in [0.05, 0.1) is 12.0 Å². The fourth-order valence-electron chi connectivity index (χ4n) is 2.00. The van der Waals surface area contributed by atoms with Crippen LogP contribution in [0.3, 0.4) is 0 Å².